The molecule has 23 heavy (non-hydrogen) atoms. The molecule has 0 spiro atoms. The van der Waals surface area contributed by atoms with Crippen molar-refractivity contribution in [2.75, 3.05) is 31.3 Å². The van der Waals surface area contributed by atoms with Crippen LogP contribution in [-0.2, 0) is 24.3 Å². The summed E-state index contributed by atoms with van der Waals surface area (Å²) < 4.78 is 31.3. The third-order valence-corrected chi connectivity index (χ3v) is 6.35. The number of ether oxygens (including phenoxy) is 1. The number of carbonyl (C=O) groups excluding carboxylic acids is 2. The van der Waals surface area contributed by atoms with Crippen molar-refractivity contribution in [1.82, 2.24) is 4.31 Å². The van der Waals surface area contributed by atoms with Crippen molar-refractivity contribution in [3.05, 3.63) is 24.3 Å². The molecule has 126 valence electrons. The van der Waals surface area contributed by atoms with E-state index in [1.54, 1.807) is 0 Å². The van der Waals surface area contributed by atoms with Crippen LogP contribution in [0.2, 0.25) is 0 Å². The van der Waals surface area contributed by atoms with Crippen LogP contribution in [0.1, 0.15) is 6.92 Å². The summed E-state index contributed by atoms with van der Waals surface area (Å²) in [4.78, 5) is 22.7. The first kappa shape index (κ1) is 17.8. The Labute approximate surface area is 139 Å². The van der Waals surface area contributed by atoms with Crippen LogP contribution in [0.15, 0.2) is 29.2 Å². The number of hydrogen-bond donors (Lipinski definition) is 1. The average Bonchev–Trinajstić information content (AvgIpc) is 2.54. The van der Waals surface area contributed by atoms with Crippen molar-refractivity contribution in [2.24, 2.45) is 0 Å². The second-order valence-electron chi connectivity index (χ2n) is 4.95. The van der Waals surface area contributed by atoms with Crippen LogP contribution >= 0.6 is 11.8 Å². The van der Waals surface area contributed by atoms with Crippen LogP contribution in [-0.4, -0.2) is 55.8 Å². The summed E-state index contributed by atoms with van der Waals surface area (Å²) in [6, 6.07) is 5.94. The minimum Gasteiger partial charge on any atom is -0.468 e. The Morgan fingerprint density at radius 2 is 1.96 bits per heavy atom. The largest absolute Gasteiger partial charge is 0.468 e. The van der Waals surface area contributed by atoms with E-state index in [-0.39, 0.29) is 17.3 Å². The summed E-state index contributed by atoms with van der Waals surface area (Å²) in [5, 5.41) is 2.07. The standard InChI is InChI=1S/C14H18N2O5S2/c1-10(17)15-11-3-5-12(6-4-11)23(19,20)16-7-8-22-13(9-16)14(18)21-2/h3-6,13H,7-9H2,1-2H3,(H,15,17)/t13-/m1/s1. The van der Waals surface area contributed by atoms with E-state index in [4.69, 9.17) is 0 Å². The van der Waals surface area contributed by atoms with Crippen LogP contribution < -0.4 is 5.32 Å². The second kappa shape index (κ2) is 7.33. The molecule has 1 heterocycles. The quantitative estimate of drug-likeness (QED) is 0.805. The molecule has 0 saturated carbocycles. The van der Waals surface area contributed by atoms with Gasteiger partial charge in [0.25, 0.3) is 0 Å². The van der Waals surface area contributed by atoms with Crippen molar-refractivity contribution >= 4 is 39.3 Å². The van der Waals surface area contributed by atoms with Gasteiger partial charge in [-0.15, -0.1) is 11.8 Å². The number of rotatable bonds is 4. The van der Waals surface area contributed by atoms with E-state index in [9.17, 15) is 18.0 Å². The number of thioether (sulfide) groups is 1. The summed E-state index contributed by atoms with van der Waals surface area (Å²) in [5.74, 6) is -0.117. The number of anilines is 1. The molecule has 1 atom stereocenters. The summed E-state index contributed by atoms with van der Waals surface area (Å²) in [5.41, 5.74) is 0.526. The maximum atomic E-state index is 12.7. The van der Waals surface area contributed by atoms with Crippen LogP contribution in [0, 0.1) is 0 Å². The number of nitrogens with one attached hydrogen (secondary N) is 1. The van der Waals surface area contributed by atoms with Gasteiger partial charge in [-0.2, -0.15) is 4.31 Å². The molecule has 1 fully saturated rings. The van der Waals surface area contributed by atoms with Crippen molar-refractivity contribution in [3.8, 4) is 0 Å². The molecule has 9 heteroatoms. The molecule has 1 aliphatic heterocycles. The Morgan fingerprint density at radius 1 is 1.30 bits per heavy atom. The lowest BCUT2D eigenvalue weighted by Gasteiger charge is -2.30. The molecule has 1 aliphatic rings. The molecule has 0 unspecified atom stereocenters. The lowest BCUT2D eigenvalue weighted by atomic mass is 10.3. The molecule has 0 radical (unpaired) electrons. The highest BCUT2D eigenvalue weighted by molar-refractivity contribution is 8.00. The van der Waals surface area contributed by atoms with Gasteiger partial charge < -0.3 is 10.1 Å². The lowest BCUT2D eigenvalue weighted by molar-refractivity contribution is -0.140. The summed E-state index contributed by atoms with van der Waals surface area (Å²) in [7, 11) is -2.39. The third kappa shape index (κ3) is 4.24. The fraction of sp³-hybridized carbons (Fsp3) is 0.429. The Balaban J connectivity index is 2.17. The first-order valence-electron chi connectivity index (χ1n) is 6.92. The Kier molecular flexibility index (Phi) is 5.66. The Morgan fingerprint density at radius 3 is 2.52 bits per heavy atom. The molecule has 0 aliphatic carbocycles. The van der Waals surface area contributed by atoms with Gasteiger partial charge in [-0.1, -0.05) is 0 Å². The molecule has 1 saturated heterocycles. The monoisotopic (exact) mass is 358 g/mol. The molecule has 1 amide bonds. The molecular weight excluding hydrogens is 340 g/mol. The highest BCUT2D eigenvalue weighted by atomic mass is 32.2. The van der Waals surface area contributed by atoms with Crippen molar-refractivity contribution in [1.29, 1.82) is 0 Å². The highest BCUT2D eigenvalue weighted by Crippen LogP contribution is 2.26. The van der Waals surface area contributed by atoms with Gasteiger partial charge in [0, 0.05) is 31.5 Å². The molecule has 0 bridgehead atoms. The van der Waals surface area contributed by atoms with Crippen LogP contribution in [0.5, 0.6) is 0 Å². The number of amides is 1. The lowest BCUT2D eigenvalue weighted by Crippen LogP contribution is -2.44. The van der Waals surface area contributed by atoms with E-state index >= 15 is 0 Å². The summed E-state index contributed by atoms with van der Waals surface area (Å²) in [6.45, 7) is 1.81. The Bertz CT molecular complexity index is 688. The van der Waals surface area contributed by atoms with Crippen molar-refractivity contribution in [2.45, 2.75) is 17.1 Å². The van der Waals surface area contributed by atoms with Gasteiger partial charge in [0.1, 0.15) is 5.25 Å². The number of hydrogen-bond acceptors (Lipinski definition) is 6. The molecular formula is C14H18N2O5S2. The molecule has 2 rings (SSSR count). The van der Waals surface area contributed by atoms with Gasteiger partial charge in [0.05, 0.1) is 12.0 Å². The van der Waals surface area contributed by atoms with Gasteiger partial charge in [-0.25, -0.2) is 8.42 Å². The molecule has 7 nitrogen and oxygen atoms in total. The fourth-order valence-electron chi connectivity index (χ4n) is 2.18. The molecule has 1 aromatic rings. The average molecular weight is 358 g/mol. The van der Waals surface area contributed by atoms with E-state index in [1.807, 2.05) is 0 Å². The highest BCUT2D eigenvalue weighted by Gasteiger charge is 2.34. The number of sulfonamides is 1. The van der Waals surface area contributed by atoms with Gasteiger partial charge in [0.2, 0.25) is 15.9 Å². The number of carbonyl (C=O) groups is 2. The van der Waals surface area contributed by atoms with Crippen LogP contribution in [0.3, 0.4) is 0 Å². The van der Waals surface area contributed by atoms with E-state index < -0.39 is 21.2 Å². The van der Waals surface area contributed by atoms with Gasteiger partial charge in [-0.3, -0.25) is 9.59 Å². The van der Waals surface area contributed by atoms with Gasteiger partial charge in [0.15, 0.2) is 0 Å². The smallest absolute Gasteiger partial charge is 0.320 e. The zero-order chi connectivity index (χ0) is 17.0. The zero-order valence-electron chi connectivity index (χ0n) is 12.8. The maximum absolute atomic E-state index is 12.7. The van der Waals surface area contributed by atoms with Crippen LogP contribution in [0.4, 0.5) is 5.69 Å². The summed E-state index contributed by atoms with van der Waals surface area (Å²) >= 11 is 1.39. The molecule has 1 aromatic carbocycles. The predicted molar refractivity (Wildman–Crippen MR) is 87.8 cm³/mol. The SMILES string of the molecule is COC(=O)[C@H]1CN(S(=O)(=O)c2ccc(NC(C)=O)cc2)CCS1. The van der Waals surface area contributed by atoms with E-state index in [1.165, 1.54) is 54.4 Å². The fourth-order valence-corrected chi connectivity index (χ4v) is 4.97. The normalized spacial score (nSPS) is 19.1. The third-order valence-electron chi connectivity index (χ3n) is 3.31. The number of benzene rings is 1. The van der Waals surface area contributed by atoms with E-state index in [0.29, 0.717) is 18.0 Å². The predicted octanol–water partition coefficient (Wildman–Crippen LogP) is 0.924. The van der Waals surface area contributed by atoms with Crippen LogP contribution in [0.25, 0.3) is 0 Å². The minimum atomic E-state index is -3.68. The van der Waals surface area contributed by atoms with Crippen molar-refractivity contribution < 1.29 is 22.7 Å². The molecule has 1 N–H and O–H groups in total. The van der Waals surface area contributed by atoms with Gasteiger partial charge in [-0.05, 0) is 24.3 Å². The van der Waals surface area contributed by atoms with Gasteiger partial charge >= 0.3 is 5.97 Å². The maximum Gasteiger partial charge on any atom is 0.320 e. The number of nitrogens with zero attached hydrogens (tertiary/aromatic N) is 1. The number of methoxy groups -OCH3 is 1. The minimum absolute atomic E-state index is 0.0904. The first-order valence-corrected chi connectivity index (χ1v) is 9.40. The summed E-state index contributed by atoms with van der Waals surface area (Å²) in [6.07, 6.45) is 0. The molecule has 0 aromatic heterocycles. The van der Waals surface area contributed by atoms with E-state index in [0.717, 1.165) is 0 Å². The second-order valence-corrected chi connectivity index (χ2v) is 8.20. The Hall–Kier alpha value is -1.58. The van der Waals surface area contributed by atoms with E-state index in [2.05, 4.69) is 10.1 Å². The number of esters is 1. The van der Waals surface area contributed by atoms with Crippen molar-refractivity contribution in [3.63, 3.8) is 0 Å². The topological polar surface area (TPSA) is 92.8 Å². The first-order chi connectivity index (χ1) is 10.8. The zero-order valence-corrected chi connectivity index (χ0v) is 14.4.